The highest BCUT2D eigenvalue weighted by Crippen LogP contribution is 2.47. The molecule has 0 fully saturated rings. The fourth-order valence-corrected chi connectivity index (χ4v) is 5.34. The number of rotatable bonds is 4. The Kier molecular flexibility index (Phi) is 4.63. The number of carboxylic acid groups (broad SMARTS) is 1. The maximum Gasteiger partial charge on any atom is 0.354 e. The van der Waals surface area contributed by atoms with E-state index in [2.05, 4.69) is 20.3 Å². The highest BCUT2D eigenvalue weighted by molar-refractivity contribution is 7.99. The second kappa shape index (κ2) is 7.59. The molecule has 0 saturated heterocycles. The summed E-state index contributed by atoms with van der Waals surface area (Å²) in [6.07, 6.45) is 3.32. The molecule has 1 unspecified atom stereocenters. The van der Waals surface area contributed by atoms with Crippen molar-refractivity contribution in [2.75, 3.05) is 5.32 Å². The molecule has 4 aromatic rings. The number of ketones is 1. The molecule has 4 N–H and O–H groups in total. The number of allylic oxidation sites excluding steroid dienone is 2. The quantitative estimate of drug-likeness (QED) is 0.316. The number of benzene rings is 1. The number of Topliss-reactive ketones (excluding diaryl/α,β-unsaturated/α-hetero) is 1. The number of fused-ring (bicyclic) bond motifs is 2. The number of furan rings is 1. The van der Waals surface area contributed by atoms with Crippen LogP contribution in [0.5, 0.6) is 0 Å². The molecule has 1 atom stereocenters. The normalized spacial score (nSPS) is 17.6. The molecular weight excluding hydrogens is 466 g/mol. The standard InChI is InChI=1S/C23H16F2N4O4S/c24-10-6-13-14(7-11(10)25)29-23(28-13)34-17-5-4-16(33-17)18-9-8-26-21(22(31)32)20(9)27-12-2-1-3-15(30)19(12)18/h4-8,18,26-27H,1-3H2,(H,28,29)(H,31,32). The number of hydrogen-bond acceptors (Lipinski definition) is 6. The minimum absolute atomic E-state index is 0.00517. The van der Waals surface area contributed by atoms with Crippen molar-refractivity contribution < 1.29 is 27.9 Å². The molecule has 0 radical (unpaired) electrons. The number of carboxylic acids is 1. The number of H-pyrrole nitrogens is 2. The number of carbonyl (C=O) groups excluding carboxylic acids is 1. The number of halogens is 2. The van der Waals surface area contributed by atoms with Crippen LogP contribution in [0.25, 0.3) is 11.0 Å². The molecule has 1 aromatic carbocycles. The van der Waals surface area contributed by atoms with Gasteiger partial charge in [-0.15, -0.1) is 0 Å². The first-order valence-electron chi connectivity index (χ1n) is 10.5. The van der Waals surface area contributed by atoms with Crippen molar-refractivity contribution in [2.24, 2.45) is 0 Å². The highest BCUT2D eigenvalue weighted by atomic mass is 32.2. The Morgan fingerprint density at radius 2 is 2.03 bits per heavy atom. The lowest BCUT2D eigenvalue weighted by Crippen LogP contribution is -2.26. The summed E-state index contributed by atoms with van der Waals surface area (Å²) in [4.78, 5) is 34.5. The Bertz CT molecular complexity index is 1490. The number of carbonyl (C=O) groups is 2. The maximum atomic E-state index is 13.5. The van der Waals surface area contributed by atoms with E-state index in [1.54, 1.807) is 18.3 Å². The van der Waals surface area contributed by atoms with Gasteiger partial charge in [-0.3, -0.25) is 4.79 Å². The van der Waals surface area contributed by atoms with Crippen LogP contribution >= 0.6 is 11.8 Å². The Morgan fingerprint density at radius 1 is 1.21 bits per heavy atom. The summed E-state index contributed by atoms with van der Waals surface area (Å²) in [6.45, 7) is 0. The zero-order valence-electron chi connectivity index (χ0n) is 17.4. The molecule has 11 heteroatoms. The van der Waals surface area contributed by atoms with Crippen molar-refractivity contribution in [3.63, 3.8) is 0 Å². The van der Waals surface area contributed by atoms with Crippen LogP contribution in [0.2, 0.25) is 0 Å². The first-order chi connectivity index (χ1) is 16.4. The fourth-order valence-electron chi connectivity index (χ4n) is 4.57. The van der Waals surface area contributed by atoms with Crippen molar-refractivity contribution in [3.8, 4) is 0 Å². The summed E-state index contributed by atoms with van der Waals surface area (Å²) in [6, 6.07) is 5.52. The molecule has 4 heterocycles. The van der Waals surface area contributed by atoms with E-state index >= 15 is 0 Å². The van der Waals surface area contributed by atoms with Crippen LogP contribution in [0.1, 0.15) is 47.0 Å². The van der Waals surface area contributed by atoms with Crippen LogP contribution < -0.4 is 5.32 Å². The highest BCUT2D eigenvalue weighted by Gasteiger charge is 2.39. The van der Waals surface area contributed by atoms with Crippen LogP contribution in [0, 0.1) is 11.6 Å². The van der Waals surface area contributed by atoms with Gasteiger partial charge >= 0.3 is 5.97 Å². The van der Waals surface area contributed by atoms with Gasteiger partial charge in [0.25, 0.3) is 0 Å². The van der Waals surface area contributed by atoms with E-state index in [9.17, 15) is 23.5 Å². The van der Waals surface area contributed by atoms with E-state index in [4.69, 9.17) is 4.42 Å². The van der Waals surface area contributed by atoms with Crippen molar-refractivity contribution in [1.82, 2.24) is 15.0 Å². The Labute approximate surface area is 194 Å². The van der Waals surface area contributed by atoms with Gasteiger partial charge in [-0.1, -0.05) is 0 Å². The van der Waals surface area contributed by atoms with Crippen molar-refractivity contribution >= 4 is 40.2 Å². The van der Waals surface area contributed by atoms with Gasteiger partial charge in [0.2, 0.25) is 0 Å². The Morgan fingerprint density at radius 3 is 2.85 bits per heavy atom. The van der Waals surface area contributed by atoms with Crippen molar-refractivity contribution in [3.05, 3.63) is 70.4 Å². The van der Waals surface area contributed by atoms with Gasteiger partial charge in [0.15, 0.2) is 27.7 Å². The number of aromatic nitrogens is 3. The van der Waals surface area contributed by atoms with E-state index in [-0.39, 0.29) is 17.0 Å². The summed E-state index contributed by atoms with van der Waals surface area (Å²) in [5, 5.41) is 13.5. The lowest BCUT2D eigenvalue weighted by Gasteiger charge is -2.31. The van der Waals surface area contributed by atoms with Gasteiger partial charge in [-0.05, 0) is 36.7 Å². The summed E-state index contributed by atoms with van der Waals surface area (Å²) < 4.78 is 33.1. The Hall–Kier alpha value is -3.86. The summed E-state index contributed by atoms with van der Waals surface area (Å²) in [5.74, 6) is -3.13. The molecule has 0 spiro atoms. The van der Waals surface area contributed by atoms with Crippen molar-refractivity contribution in [2.45, 2.75) is 35.4 Å². The topological polar surface area (TPSA) is 124 Å². The molecule has 1 aliphatic heterocycles. The van der Waals surface area contributed by atoms with Gasteiger partial charge in [-0.2, -0.15) is 0 Å². The predicted octanol–water partition coefficient (Wildman–Crippen LogP) is 5.18. The third-order valence-electron chi connectivity index (χ3n) is 6.04. The monoisotopic (exact) mass is 482 g/mol. The van der Waals surface area contributed by atoms with Gasteiger partial charge < -0.3 is 24.8 Å². The number of aromatic carboxylic acids is 1. The third kappa shape index (κ3) is 3.23. The Balaban J connectivity index is 1.38. The second-order valence-electron chi connectivity index (χ2n) is 8.11. The molecule has 3 aromatic heterocycles. The SMILES string of the molecule is O=C1CCCC2=C1C(c1ccc(Sc3nc4cc(F)c(F)cc4[nH]3)o1)c1c[nH]c(C(=O)O)c1N2. The van der Waals surface area contributed by atoms with Crippen LogP contribution in [0.15, 0.2) is 56.4 Å². The fraction of sp³-hybridized carbons (Fsp3) is 0.174. The van der Waals surface area contributed by atoms with Crippen LogP contribution in [-0.2, 0) is 4.79 Å². The van der Waals surface area contributed by atoms with E-state index in [1.165, 1.54) is 0 Å². The first-order valence-corrected chi connectivity index (χ1v) is 11.3. The zero-order chi connectivity index (χ0) is 23.6. The largest absolute Gasteiger partial charge is 0.477 e. The predicted molar refractivity (Wildman–Crippen MR) is 118 cm³/mol. The molecule has 1 aliphatic carbocycles. The molecule has 8 nitrogen and oxygen atoms in total. The lowest BCUT2D eigenvalue weighted by atomic mass is 9.78. The molecule has 34 heavy (non-hydrogen) atoms. The van der Waals surface area contributed by atoms with Gasteiger partial charge in [0, 0.05) is 41.6 Å². The number of nitrogens with one attached hydrogen (secondary N) is 3. The molecule has 0 saturated carbocycles. The van der Waals surface area contributed by atoms with E-state index in [1.807, 2.05) is 0 Å². The van der Waals surface area contributed by atoms with E-state index < -0.39 is 23.5 Å². The molecule has 2 aliphatic rings. The maximum absolute atomic E-state index is 13.5. The summed E-state index contributed by atoms with van der Waals surface area (Å²) >= 11 is 1.13. The van der Waals surface area contributed by atoms with Gasteiger partial charge in [0.05, 0.1) is 22.6 Å². The minimum atomic E-state index is -1.10. The van der Waals surface area contributed by atoms with E-state index in [0.717, 1.165) is 23.9 Å². The van der Waals surface area contributed by atoms with Crippen molar-refractivity contribution in [1.29, 1.82) is 0 Å². The summed E-state index contributed by atoms with van der Waals surface area (Å²) in [5.41, 5.74) is 3.00. The van der Waals surface area contributed by atoms with Crippen LogP contribution in [0.4, 0.5) is 14.5 Å². The van der Waals surface area contributed by atoms with Gasteiger partial charge in [0.1, 0.15) is 11.5 Å². The number of nitrogens with zero attached hydrogens (tertiary/aromatic N) is 1. The smallest absolute Gasteiger partial charge is 0.354 e. The molecule has 0 amide bonds. The third-order valence-corrected chi connectivity index (χ3v) is 6.85. The second-order valence-corrected chi connectivity index (χ2v) is 9.10. The van der Waals surface area contributed by atoms with Crippen LogP contribution in [-0.4, -0.2) is 31.8 Å². The number of imidazole rings is 1. The number of aromatic amines is 2. The summed E-state index contributed by atoms with van der Waals surface area (Å²) in [7, 11) is 0. The lowest BCUT2D eigenvalue weighted by molar-refractivity contribution is -0.116. The minimum Gasteiger partial charge on any atom is -0.477 e. The molecule has 172 valence electrons. The van der Waals surface area contributed by atoms with Crippen LogP contribution in [0.3, 0.4) is 0 Å². The average molecular weight is 482 g/mol. The molecule has 0 bridgehead atoms. The number of anilines is 1. The van der Waals surface area contributed by atoms with Gasteiger partial charge in [-0.25, -0.2) is 18.6 Å². The molecule has 6 rings (SSSR count). The molecular formula is C23H16F2N4O4S. The number of hydrogen-bond donors (Lipinski definition) is 4. The first kappa shape index (κ1) is 20.7. The zero-order valence-corrected chi connectivity index (χ0v) is 18.2. The van der Waals surface area contributed by atoms with E-state index in [0.29, 0.717) is 63.3 Å². The average Bonchev–Trinajstić information content (AvgIpc) is 3.51.